The van der Waals surface area contributed by atoms with E-state index in [4.69, 9.17) is 45.3 Å². The number of carbonyl (C=O) groups is 2. The Kier molecular flexibility index (Phi) is 10.0. The van der Waals surface area contributed by atoms with Crippen molar-refractivity contribution in [1.29, 1.82) is 0 Å². The van der Waals surface area contributed by atoms with Crippen LogP contribution in [0.2, 0.25) is 15.1 Å². The Hall–Kier alpha value is -2.24. The predicted octanol–water partition coefficient (Wildman–Crippen LogP) is 5.01. The molecule has 0 aliphatic carbocycles. The van der Waals surface area contributed by atoms with Gasteiger partial charge in [0.1, 0.15) is 5.60 Å². The first-order valence-electron chi connectivity index (χ1n) is 12.4. The second kappa shape index (κ2) is 12.5. The van der Waals surface area contributed by atoms with Gasteiger partial charge in [-0.2, -0.15) is 0 Å². The van der Waals surface area contributed by atoms with E-state index < -0.39 is 21.3 Å². The lowest BCUT2D eigenvalue weighted by molar-refractivity contribution is 0.0139. The van der Waals surface area contributed by atoms with E-state index in [0.29, 0.717) is 48.9 Å². The van der Waals surface area contributed by atoms with Crippen LogP contribution < -0.4 is 11.1 Å². The molecule has 0 unspecified atom stereocenters. The van der Waals surface area contributed by atoms with E-state index in [1.807, 2.05) is 20.8 Å². The molecule has 1 fully saturated rings. The van der Waals surface area contributed by atoms with E-state index in [0.717, 1.165) is 0 Å². The van der Waals surface area contributed by atoms with E-state index in [1.165, 1.54) is 24.3 Å². The summed E-state index contributed by atoms with van der Waals surface area (Å²) in [6, 6.07) is 5.86. The third-order valence-corrected chi connectivity index (χ3v) is 9.01. The summed E-state index contributed by atoms with van der Waals surface area (Å²) in [4.78, 5) is 29.2. The fourth-order valence-electron chi connectivity index (χ4n) is 4.06. The van der Waals surface area contributed by atoms with Crippen molar-refractivity contribution in [2.45, 2.75) is 51.3 Å². The lowest BCUT2D eigenvalue weighted by Gasteiger charge is -2.35. The van der Waals surface area contributed by atoms with Gasteiger partial charge in [0.05, 0.1) is 26.9 Å². The average molecular weight is 620 g/mol. The number of rotatable bonds is 7. The third kappa shape index (κ3) is 7.91. The third-order valence-electron chi connectivity index (χ3n) is 6.18. The maximum absolute atomic E-state index is 13.0. The number of benzene rings is 2. The fraction of sp³-hybridized carbons (Fsp3) is 0.462. The Balaban J connectivity index is 1.70. The summed E-state index contributed by atoms with van der Waals surface area (Å²) in [6.45, 7) is 9.44. The van der Waals surface area contributed by atoms with Gasteiger partial charge in [-0.05, 0) is 50.6 Å². The van der Waals surface area contributed by atoms with Crippen LogP contribution in [-0.2, 0) is 27.7 Å². The molecule has 1 heterocycles. The highest BCUT2D eigenvalue weighted by Gasteiger charge is 2.27. The normalized spacial score (nSPS) is 14.8. The van der Waals surface area contributed by atoms with Crippen molar-refractivity contribution < 1.29 is 22.7 Å². The Morgan fingerprint density at radius 2 is 1.72 bits per heavy atom. The average Bonchev–Trinajstić information content (AvgIpc) is 2.86. The highest BCUT2D eigenvalue weighted by Crippen LogP contribution is 2.34. The largest absolute Gasteiger partial charge is 0.444 e. The summed E-state index contributed by atoms with van der Waals surface area (Å²) in [5, 5.41) is 3.47. The molecule has 1 aliphatic rings. The number of carbonyl (C=O) groups excluding carboxylic acids is 2. The first-order valence-corrected chi connectivity index (χ1v) is 15.2. The number of sulfone groups is 1. The number of hydrogen-bond acceptors (Lipinski definition) is 7. The molecule has 0 spiro atoms. The van der Waals surface area contributed by atoms with E-state index >= 15 is 0 Å². The molecule has 2 aromatic rings. The zero-order chi connectivity index (χ0) is 29.1. The van der Waals surface area contributed by atoms with E-state index in [9.17, 15) is 18.0 Å². The predicted molar refractivity (Wildman–Crippen MR) is 154 cm³/mol. The van der Waals surface area contributed by atoms with E-state index in [1.54, 1.807) is 11.8 Å². The molecule has 39 heavy (non-hydrogen) atoms. The first-order chi connectivity index (χ1) is 18.1. The van der Waals surface area contributed by atoms with Crippen LogP contribution in [0.4, 0.5) is 10.5 Å². The summed E-state index contributed by atoms with van der Waals surface area (Å²) in [7, 11) is -3.53. The zero-order valence-corrected chi connectivity index (χ0v) is 25.4. The lowest BCUT2D eigenvalue weighted by Crippen LogP contribution is -2.49. The quantitative estimate of drug-likeness (QED) is 0.418. The fourth-order valence-corrected chi connectivity index (χ4v) is 5.95. The second-order valence-corrected chi connectivity index (χ2v) is 13.7. The number of nitrogens with one attached hydrogen (secondary N) is 1. The molecule has 2 aromatic carbocycles. The van der Waals surface area contributed by atoms with Crippen molar-refractivity contribution in [2.24, 2.45) is 0 Å². The minimum atomic E-state index is -3.53. The van der Waals surface area contributed by atoms with Crippen molar-refractivity contribution in [3.63, 3.8) is 0 Å². The molecule has 214 valence electrons. The smallest absolute Gasteiger partial charge is 0.410 e. The van der Waals surface area contributed by atoms with Crippen LogP contribution in [-0.4, -0.2) is 67.8 Å². The molecule has 13 heteroatoms. The monoisotopic (exact) mass is 618 g/mol. The van der Waals surface area contributed by atoms with Gasteiger partial charge in [0.15, 0.2) is 9.84 Å². The number of ether oxygens (including phenoxy) is 1. The number of piperazine rings is 1. The molecule has 3 N–H and O–H groups in total. The highest BCUT2D eigenvalue weighted by molar-refractivity contribution is 7.91. The lowest BCUT2D eigenvalue weighted by atomic mass is 10.1. The molecule has 0 aromatic heterocycles. The number of hydrogen-bond donors (Lipinski definition) is 2. The Bertz CT molecular complexity index is 1350. The van der Waals surface area contributed by atoms with E-state index in [-0.39, 0.29) is 44.6 Å². The summed E-state index contributed by atoms with van der Waals surface area (Å²) < 4.78 is 30.4. The summed E-state index contributed by atoms with van der Waals surface area (Å²) >= 11 is 19.2. The van der Waals surface area contributed by atoms with Gasteiger partial charge in [-0.1, -0.05) is 41.7 Å². The highest BCUT2D eigenvalue weighted by atomic mass is 35.5. The van der Waals surface area contributed by atoms with Crippen molar-refractivity contribution in [2.75, 3.05) is 37.7 Å². The first kappa shape index (κ1) is 31.3. The molecular formula is C26H33Cl3N4O5S. The van der Waals surface area contributed by atoms with Gasteiger partial charge >= 0.3 is 6.09 Å². The standard InChI is InChI=1S/C26H33Cl3N4O5S/c1-5-39(36,37)21-7-6-17(27)12-16(21)14-31-24(34)18-13-20(28)19(22(29)23(18)30)15-32-8-10-33(11-9-32)25(35)38-26(2,3)4/h6-7,12-13H,5,8-11,14-15,30H2,1-4H3,(H,31,34). The number of amides is 2. The Labute approximate surface area is 244 Å². The van der Waals surface area contributed by atoms with Crippen LogP contribution in [0.5, 0.6) is 0 Å². The number of nitrogens with two attached hydrogens (primary N) is 1. The number of nitrogen functional groups attached to an aromatic ring is 1. The van der Waals surface area contributed by atoms with Gasteiger partial charge < -0.3 is 20.7 Å². The van der Waals surface area contributed by atoms with Gasteiger partial charge in [-0.3, -0.25) is 9.69 Å². The number of halogens is 3. The van der Waals surface area contributed by atoms with E-state index in [2.05, 4.69) is 10.2 Å². The van der Waals surface area contributed by atoms with Crippen molar-refractivity contribution >= 4 is 62.3 Å². The van der Waals surface area contributed by atoms with Crippen LogP contribution in [0.1, 0.15) is 49.2 Å². The van der Waals surface area contributed by atoms with Gasteiger partial charge in [0.2, 0.25) is 0 Å². The summed E-state index contributed by atoms with van der Waals surface area (Å²) in [5.41, 5.74) is 6.74. The number of nitrogens with zero attached hydrogens (tertiary/aromatic N) is 2. The molecular weight excluding hydrogens is 587 g/mol. The second-order valence-electron chi connectivity index (χ2n) is 10.2. The molecule has 1 saturated heterocycles. The summed E-state index contributed by atoms with van der Waals surface area (Å²) in [5.74, 6) is -0.653. The SMILES string of the molecule is CCS(=O)(=O)c1ccc(Cl)cc1CNC(=O)c1cc(Cl)c(CN2CCN(C(=O)OC(C)(C)C)CC2)c(Cl)c1N. The maximum atomic E-state index is 13.0. The molecule has 9 nitrogen and oxygen atoms in total. The molecule has 1 aliphatic heterocycles. The molecule has 3 rings (SSSR count). The van der Waals surface area contributed by atoms with Crippen molar-refractivity contribution in [3.8, 4) is 0 Å². The molecule has 0 saturated carbocycles. The Morgan fingerprint density at radius 3 is 2.31 bits per heavy atom. The molecule has 0 bridgehead atoms. The molecule has 0 atom stereocenters. The Morgan fingerprint density at radius 1 is 1.08 bits per heavy atom. The van der Waals surface area contributed by atoms with Crippen LogP contribution in [0.15, 0.2) is 29.2 Å². The van der Waals surface area contributed by atoms with Gasteiger partial charge in [-0.15, -0.1) is 0 Å². The van der Waals surface area contributed by atoms with Crippen molar-refractivity contribution in [3.05, 3.63) is 56.0 Å². The molecule has 2 amide bonds. The van der Waals surface area contributed by atoms with Crippen LogP contribution in [0, 0.1) is 0 Å². The van der Waals surface area contributed by atoms with Crippen LogP contribution in [0.3, 0.4) is 0 Å². The van der Waals surface area contributed by atoms with Crippen molar-refractivity contribution in [1.82, 2.24) is 15.1 Å². The summed E-state index contributed by atoms with van der Waals surface area (Å²) in [6.07, 6.45) is -0.352. The topological polar surface area (TPSA) is 122 Å². The van der Waals surface area contributed by atoms with Crippen LogP contribution >= 0.6 is 34.8 Å². The van der Waals surface area contributed by atoms with Gasteiger partial charge in [0, 0.05) is 54.9 Å². The van der Waals surface area contributed by atoms with Crippen LogP contribution in [0.25, 0.3) is 0 Å². The van der Waals surface area contributed by atoms with Gasteiger partial charge in [-0.25, -0.2) is 13.2 Å². The van der Waals surface area contributed by atoms with Gasteiger partial charge in [0.25, 0.3) is 5.91 Å². The zero-order valence-electron chi connectivity index (χ0n) is 22.3. The number of anilines is 1. The minimum absolute atomic E-state index is 0.0634. The molecule has 0 radical (unpaired) electrons. The minimum Gasteiger partial charge on any atom is -0.444 e. The maximum Gasteiger partial charge on any atom is 0.410 e.